The molecule has 0 spiro atoms. The van der Waals surface area contributed by atoms with Crippen molar-refractivity contribution in [3.63, 3.8) is 0 Å². The Morgan fingerprint density at radius 1 is 1.15 bits per heavy atom. The third kappa shape index (κ3) is 4.42. The van der Waals surface area contributed by atoms with Crippen LogP contribution in [0.1, 0.15) is 30.9 Å². The maximum absolute atomic E-state index is 13.1. The first-order chi connectivity index (χ1) is 15.6. The minimum Gasteiger partial charge on any atom is -0.308 e. The number of aromatic nitrogens is 5. The summed E-state index contributed by atoms with van der Waals surface area (Å²) in [5.41, 5.74) is 2.87. The number of hydrogen-bond acceptors (Lipinski definition) is 6. The fourth-order valence-electron chi connectivity index (χ4n) is 3.68. The number of anilines is 1. The van der Waals surface area contributed by atoms with Crippen molar-refractivity contribution in [1.82, 2.24) is 29.7 Å². The van der Waals surface area contributed by atoms with Gasteiger partial charge in [-0.2, -0.15) is 13.2 Å². The number of hydrazine groups is 1. The van der Waals surface area contributed by atoms with Crippen molar-refractivity contribution >= 4 is 5.69 Å². The molecule has 4 rings (SSSR count). The van der Waals surface area contributed by atoms with E-state index in [0.717, 1.165) is 35.3 Å². The molecule has 7 nitrogen and oxygen atoms in total. The van der Waals surface area contributed by atoms with Crippen LogP contribution < -0.4 is 5.01 Å². The molecule has 0 atom stereocenters. The predicted molar refractivity (Wildman–Crippen MR) is 120 cm³/mol. The zero-order valence-corrected chi connectivity index (χ0v) is 19.1. The van der Waals surface area contributed by atoms with Crippen LogP contribution in [0.5, 0.6) is 0 Å². The Hall–Kier alpha value is -3.43. The van der Waals surface area contributed by atoms with Gasteiger partial charge in [0.1, 0.15) is 11.4 Å². The van der Waals surface area contributed by atoms with E-state index in [-0.39, 0.29) is 11.5 Å². The highest BCUT2D eigenvalue weighted by molar-refractivity contribution is 5.63. The first kappa shape index (κ1) is 22.8. The average Bonchev–Trinajstić information content (AvgIpc) is 3.58. The second kappa shape index (κ2) is 8.49. The molecule has 3 aromatic heterocycles. The van der Waals surface area contributed by atoms with E-state index in [1.165, 1.54) is 12.8 Å². The van der Waals surface area contributed by atoms with E-state index in [4.69, 9.17) is 0 Å². The number of halogens is 3. The van der Waals surface area contributed by atoms with E-state index in [0.29, 0.717) is 23.9 Å². The molecule has 1 aliphatic carbocycles. The van der Waals surface area contributed by atoms with E-state index in [9.17, 15) is 13.2 Å². The summed E-state index contributed by atoms with van der Waals surface area (Å²) in [4.78, 5) is 8.71. The summed E-state index contributed by atoms with van der Waals surface area (Å²) in [5.74, 6) is 1.24. The van der Waals surface area contributed by atoms with E-state index in [1.807, 2.05) is 37.1 Å². The molecule has 1 aliphatic rings. The molecule has 0 radical (unpaired) electrons. The first-order valence-electron chi connectivity index (χ1n) is 10.7. The lowest BCUT2D eigenvalue weighted by molar-refractivity contribution is -0.137. The maximum Gasteiger partial charge on any atom is 0.416 e. The molecule has 3 heterocycles. The highest BCUT2D eigenvalue weighted by Gasteiger charge is 2.31. The second-order valence-corrected chi connectivity index (χ2v) is 8.20. The van der Waals surface area contributed by atoms with Crippen LogP contribution >= 0.6 is 0 Å². The summed E-state index contributed by atoms with van der Waals surface area (Å²) >= 11 is 0. The number of nitrogens with zero attached hydrogens (tertiary/aromatic N) is 7. The Kier molecular flexibility index (Phi) is 5.85. The van der Waals surface area contributed by atoms with Gasteiger partial charge < -0.3 is 4.57 Å². The van der Waals surface area contributed by atoms with Crippen molar-refractivity contribution in [1.29, 1.82) is 0 Å². The fraction of sp³-hybridized carbons (Fsp3) is 0.391. The van der Waals surface area contributed by atoms with Gasteiger partial charge in [-0.15, -0.1) is 10.2 Å². The van der Waals surface area contributed by atoms with Gasteiger partial charge >= 0.3 is 6.18 Å². The minimum atomic E-state index is -4.46. The van der Waals surface area contributed by atoms with Crippen molar-refractivity contribution in [2.45, 2.75) is 32.4 Å². The molecule has 0 aliphatic heterocycles. The number of alkyl halides is 3. The zero-order valence-electron chi connectivity index (χ0n) is 19.1. The van der Waals surface area contributed by atoms with Gasteiger partial charge in [-0.1, -0.05) is 13.5 Å². The first-order valence-corrected chi connectivity index (χ1v) is 10.7. The van der Waals surface area contributed by atoms with Crippen molar-refractivity contribution in [2.24, 2.45) is 13.0 Å². The van der Waals surface area contributed by atoms with Gasteiger partial charge in [-0.3, -0.25) is 20.0 Å². The van der Waals surface area contributed by atoms with Crippen molar-refractivity contribution < 1.29 is 13.2 Å². The third-order valence-electron chi connectivity index (χ3n) is 6.02. The Labute approximate surface area is 190 Å². The molecule has 0 saturated heterocycles. The molecule has 0 unspecified atom stereocenters. The van der Waals surface area contributed by atoms with Gasteiger partial charge in [0.05, 0.1) is 17.4 Å². The predicted octanol–water partition coefficient (Wildman–Crippen LogP) is 4.73. The lowest BCUT2D eigenvalue weighted by Gasteiger charge is -2.33. The smallest absolute Gasteiger partial charge is 0.308 e. The van der Waals surface area contributed by atoms with Gasteiger partial charge in [0.15, 0.2) is 11.6 Å². The van der Waals surface area contributed by atoms with Crippen molar-refractivity contribution in [2.75, 3.05) is 19.1 Å². The molecule has 0 bridgehead atoms. The average molecular weight is 458 g/mol. The Morgan fingerprint density at radius 2 is 1.85 bits per heavy atom. The summed E-state index contributed by atoms with van der Waals surface area (Å²) in [6, 6.07) is 3.94. The molecule has 0 aromatic carbocycles. The topological polar surface area (TPSA) is 63.0 Å². The normalized spacial score (nSPS) is 13.8. The van der Waals surface area contributed by atoms with Gasteiger partial charge in [0.25, 0.3) is 0 Å². The van der Waals surface area contributed by atoms with Crippen LogP contribution in [0.2, 0.25) is 0 Å². The van der Waals surface area contributed by atoms with Crippen LogP contribution in [0.3, 0.4) is 0 Å². The van der Waals surface area contributed by atoms with Gasteiger partial charge in [-0.25, -0.2) is 0 Å². The monoisotopic (exact) mass is 457 g/mol. The molecule has 1 fully saturated rings. The molecule has 0 amide bonds. The molecular weight excluding hydrogens is 431 g/mol. The lowest BCUT2D eigenvalue weighted by atomic mass is 10.1. The van der Waals surface area contributed by atoms with E-state index in [2.05, 4.69) is 26.7 Å². The summed E-state index contributed by atoms with van der Waals surface area (Å²) in [7, 11) is 5.64. The van der Waals surface area contributed by atoms with Gasteiger partial charge in [0, 0.05) is 39.0 Å². The van der Waals surface area contributed by atoms with Crippen LogP contribution in [0.15, 0.2) is 42.9 Å². The van der Waals surface area contributed by atoms with E-state index < -0.39 is 11.7 Å². The lowest BCUT2D eigenvalue weighted by Crippen LogP contribution is -2.36. The molecule has 10 heteroatoms. The molecule has 33 heavy (non-hydrogen) atoms. The Morgan fingerprint density at radius 3 is 2.48 bits per heavy atom. The summed E-state index contributed by atoms with van der Waals surface area (Å²) in [6.07, 6.45) is 1.45. The summed E-state index contributed by atoms with van der Waals surface area (Å²) in [5, 5.41) is 12.4. The number of rotatable bonds is 7. The SMILES string of the molecule is C=C(C1CC1)N(C)N(C)c1cnc(-c2nnc(-c3cc(C(F)(F)F)ccn3)n2C)c(CC)c1. The van der Waals surface area contributed by atoms with Crippen LogP contribution in [0.25, 0.3) is 23.0 Å². The Bertz CT molecular complexity index is 1180. The Balaban J connectivity index is 1.66. The van der Waals surface area contributed by atoms with Crippen molar-refractivity contribution in [3.8, 4) is 23.0 Å². The summed E-state index contributed by atoms with van der Waals surface area (Å²) < 4.78 is 41.0. The number of aryl methyl sites for hydroxylation is 1. The highest BCUT2D eigenvalue weighted by Crippen LogP contribution is 2.38. The quantitative estimate of drug-likeness (QED) is 0.478. The standard InChI is InChI=1S/C23H26F3N7/c1-6-15-11-18(33(5)32(4)14(2)16-7-8-16)13-28-20(15)22-30-29-21(31(22)3)19-12-17(9-10-27-19)23(24,25)26/h9-13,16H,2,6-8H2,1,3-5H3. The molecule has 174 valence electrons. The van der Waals surface area contributed by atoms with Crippen LogP contribution in [-0.2, 0) is 19.6 Å². The molecular formula is C23H26F3N7. The maximum atomic E-state index is 13.1. The van der Waals surface area contributed by atoms with Crippen LogP contribution in [0, 0.1) is 5.92 Å². The highest BCUT2D eigenvalue weighted by atomic mass is 19.4. The largest absolute Gasteiger partial charge is 0.416 e. The van der Waals surface area contributed by atoms with Gasteiger partial charge in [0.2, 0.25) is 0 Å². The van der Waals surface area contributed by atoms with Crippen molar-refractivity contribution in [3.05, 3.63) is 54.0 Å². The fourth-order valence-corrected chi connectivity index (χ4v) is 3.68. The zero-order chi connectivity index (χ0) is 23.9. The number of allylic oxidation sites excluding steroid dienone is 1. The number of pyridine rings is 2. The van der Waals surface area contributed by atoms with Gasteiger partial charge in [-0.05, 0) is 43.0 Å². The van der Waals surface area contributed by atoms with E-state index >= 15 is 0 Å². The van der Waals surface area contributed by atoms with E-state index in [1.54, 1.807) is 17.8 Å². The molecule has 0 N–H and O–H groups in total. The van der Waals surface area contributed by atoms with Crippen LogP contribution in [0.4, 0.5) is 18.9 Å². The molecule has 3 aromatic rings. The summed E-state index contributed by atoms with van der Waals surface area (Å²) in [6.45, 7) is 6.22. The van der Waals surface area contributed by atoms with Crippen LogP contribution in [-0.4, -0.2) is 43.8 Å². The third-order valence-corrected chi connectivity index (χ3v) is 6.02. The second-order valence-electron chi connectivity index (χ2n) is 8.20. The number of hydrogen-bond donors (Lipinski definition) is 0. The molecule has 1 saturated carbocycles. The minimum absolute atomic E-state index is 0.0979.